The van der Waals surface area contributed by atoms with Crippen LogP contribution in [-0.4, -0.2) is 27.6 Å². The van der Waals surface area contributed by atoms with E-state index in [-0.39, 0.29) is 18.0 Å². The normalized spacial score (nSPS) is 14.5. The Kier molecular flexibility index (Phi) is 2.74. The number of nitrogens with one attached hydrogen (secondary N) is 1. The second-order valence-electron chi connectivity index (χ2n) is 4.86. The molecule has 0 radical (unpaired) electrons. The molecule has 98 valence electrons. The Hall–Kier alpha value is -2.30. The van der Waals surface area contributed by atoms with Crippen molar-refractivity contribution in [3.8, 4) is 0 Å². The van der Waals surface area contributed by atoms with Crippen molar-refractivity contribution >= 4 is 22.8 Å². The maximum absolute atomic E-state index is 11.8. The molecule has 5 heteroatoms. The number of carboxylic acids is 1. The molecule has 2 aromatic rings. The van der Waals surface area contributed by atoms with Gasteiger partial charge in [-0.15, -0.1) is 0 Å². The van der Waals surface area contributed by atoms with E-state index in [1.165, 1.54) is 0 Å². The lowest BCUT2D eigenvalue weighted by Gasteiger charge is -2.06. The average molecular weight is 258 g/mol. The van der Waals surface area contributed by atoms with Gasteiger partial charge in [0.1, 0.15) is 6.54 Å². The van der Waals surface area contributed by atoms with Crippen molar-refractivity contribution in [2.75, 3.05) is 0 Å². The molecule has 1 aromatic carbocycles. The second kappa shape index (κ2) is 4.42. The minimum Gasteiger partial charge on any atom is -0.478 e. The molecule has 0 spiro atoms. The van der Waals surface area contributed by atoms with Crippen LogP contribution in [-0.2, 0) is 11.3 Å². The first-order chi connectivity index (χ1) is 9.13. The number of hydrogen-bond donors (Lipinski definition) is 2. The summed E-state index contributed by atoms with van der Waals surface area (Å²) in [6.07, 6.45) is 3.92. The molecule has 3 rings (SSSR count). The quantitative estimate of drug-likeness (QED) is 0.875. The fraction of sp³-hybridized carbons (Fsp3) is 0.286. The molecule has 1 heterocycles. The maximum Gasteiger partial charge on any atom is 0.335 e. The Morgan fingerprint density at radius 3 is 2.79 bits per heavy atom. The summed E-state index contributed by atoms with van der Waals surface area (Å²) in [5, 5.41) is 12.8. The van der Waals surface area contributed by atoms with E-state index in [0.717, 1.165) is 23.7 Å². The second-order valence-corrected chi connectivity index (χ2v) is 4.86. The molecule has 5 nitrogen and oxygen atoms in total. The zero-order chi connectivity index (χ0) is 13.4. The standard InChI is InChI=1S/C14H14N2O3/c17-13(15-11-3-4-11)8-16-6-5-9-1-2-10(14(18)19)7-12(9)16/h1-2,5-7,11H,3-4,8H2,(H,15,17)(H,18,19). The molecule has 0 saturated heterocycles. The summed E-state index contributed by atoms with van der Waals surface area (Å²) in [5.41, 5.74) is 1.00. The largest absolute Gasteiger partial charge is 0.478 e. The Labute approximate surface area is 109 Å². The number of carboxylic acid groups (broad SMARTS) is 1. The van der Waals surface area contributed by atoms with Crippen molar-refractivity contribution in [2.45, 2.75) is 25.4 Å². The van der Waals surface area contributed by atoms with Gasteiger partial charge >= 0.3 is 5.97 Å². The minimum absolute atomic E-state index is 0.0271. The van der Waals surface area contributed by atoms with Crippen LogP contribution in [0.1, 0.15) is 23.2 Å². The van der Waals surface area contributed by atoms with Crippen LogP contribution < -0.4 is 5.32 Å². The number of amides is 1. The van der Waals surface area contributed by atoms with Crippen molar-refractivity contribution in [3.05, 3.63) is 36.0 Å². The fourth-order valence-electron chi connectivity index (χ4n) is 2.11. The minimum atomic E-state index is -0.961. The summed E-state index contributed by atoms with van der Waals surface area (Å²) in [7, 11) is 0. The lowest BCUT2D eigenvalue weighted by Crippen LogP contribution is -2.29. The molecule has 1 amide bonds. The molecule has 2 N–H and O–H groups in total. The molecule has 0 atom stereocenters. The number of carbonyl (C=O) groups excluding carboxylic acids is 1. The number of benzene rings is 1. The van der Waals surface area contributed by atoms with Gasteiger partial charge in [0.2, 0.25) is 5.91 Å². The van der Waals surface area contributed by atoms with Gasteiger partial charge in [0.25, 0.3) is 0 Å². The van der Waals surface area contributed by atoms with Crippen LogP contribution in [0.5, 0.6) is 0 Å². The van der Waals surface area contributed by atoms with E-state index in [0.29, 0.717) is 6.04 Å². The first-order valence-electron chi connectivity index (χ1n) is 6.25. The third-order valence-electron chi connectivity index (χ3n) is 3.28. The van der Waals surface area contributed by atoms with E-state index >= 15 is 0 Å². The average Bonchev–Trinajstić information content (AvgIpc) is 3.09. The molecule has 1 aliphatic rings. The van der Waals surface area contributed by atoms with Gasteiger partial charge in [0.05, 0.1) is 5.56 Å². The first-order valence-corrected chi connectivity index (χ1v) is 6.25. The van der Waals surface area contributed by atoms with Crippen LogP contribution in [0.4, 0.5) is 0 Å². The molecule has 1 saturated carbocycles. The fourth-order valence-corrected chi connectivity index (χ4v) is 2.11. The van der Waals surface area contributed by atoms with Gasteiger partial charge in [0, 0.05) is 17.8 Å². The SMILES string of the molecule is O=C(Cn1ccc2ccc(C(=O)O)cc21)NC1CC1. The monoisotopic (exact) mass is 258 g/mol. The molecule has 1 aromatic heterocycles. The van der Waals surface area contributed by atoms with Gasteiger partial charge in [0.15, 0.2) is 0 Å². The van der Waals surface area contributed by atoms with Gasteiger partial charge in [-0.25, -0.2) is 4.79 Å². The molecular formula is C14H14N2O3. The predicted octanol–water partition coefficient (Wildman–Crippen LogP) is 1.62. The van der Waals surface area contributed by atoms with Crippen molar-refractivity contribution in [2.24, 2.45) is 0 Å². The highest BCUT2D eigenvalue weighted by Crippen LogP contribution is 2.20. The van der Waals surface area contributed by atoms with Crippen molar-refractivity contribution in [3.63, 3.8) is 0 Å². The molecule has 19 heavy (non-hydrogen) atoms. The van der Waals surface area contributed by atoms with Crippen molar-refractivity contribution in [1.82, 2.24) is 9.88 Å². The van der Waals surface area contributed by atoms with E-state index in [1.807, 2.05) is 12.3 Å². The zero-order valence-electron chi connectivity index (χ0n) is 10.3. The van der Waals surface area contributed by atoms with Crippen LogP contribution in [0.25, 0.3) is 10.9 Å². The van der Waals surface area contributed by atoms with Crippen LogP contribution in [0.3, 0.4) is 0 Å². The van der Waals surface area contributed by atoms with Gasteiger partial charge in [-0.05, 0) is 36.4 Å². The van der Waals surface area contributed by atoms with Gasteiger partial charge in [-0.1, -0.05) is 6.07 Å². The van der Waals surface area contributed by atoms with Gasteiger partial charge < -0.3 is 15.0 Å². The third kappa shape index (κ3) is 2.45. The van der Waals surface area contributed by atoms with Crippen LogP contribution >= 0.6 is 0 Å². The molecular weight excluding hydrogens is 244 g/mol. The molecule has 0 aliphatic heterocycles. The van der Waals surface area contributed by atoms with Crippen molar-refractivity contribution in [1.29, 1.82) is 0 Å². The lowest BCUT2D eigenvalue weighted by atomic mass is 10.1. The summed E-state index contributed by atoms with van der Waals surface area (Å²) in [5.74, 6) is -0.988. The van der Waals surface area contributed by atoms with Crippen LogP contribution in [0.15, 0.2) is 30.5 Å². The van der Waals surface area contributed by atoms with E-state index in [1.54, 1.807) is 22.8 Å². The summed E-state index contributed by atoms with van der Waals surface area (Å²) < 4.78 is 1.78. The summed E-state index contributed by atoms with van der Waals surface area (Å²) in [6, 6.07) is 7.14. The Bertz CT molecular complexity index is 656. The number of aromatic carboxylic acids is 1. The van der Waals surface area contributed by atoms with Gasteiger partial charge in [-0.2, -0.15) is 0 Å². The number of rotatable bonds is 4. The lowest BCUT2D eigenvalue weighted by molar-refractivity contribution is -0.121. The summed E-state index contributed by atoms with van der Waals surface area (Å²) in [4.78, 5) is 22.7. The van der Waals surface area contributed by atoms with Crippen molar-refractivity contribution < 1.29 is 14.7 Å². The Morgan fingerprint density at radius 2 is 2.11 bits per heavy atom. The Morgan fingerprint density at radius 1 is 1.32 bits per heavy atom. The molecule has 1 fully saturated rings. The van der Waals surface area contributed by atoms with Crippen LogP contribution in [0, 0.1) is 0 Å². The molecule has 0 unspecified atom stereocenters. The van der Waals surface area contributed by atoms with Gasteiger partial charge in [-0.3, -0.25) is 4.79 Å². The number of carbonyl (C=O) groups is 2. The number of hydrogen-bond acceptors (Lipinski definition) is 2. The van der Waals surface area contributed by atoms with E-state index in [2.05, 4.69) is 5.32 Å². The highest BCUT2D eigenvalue weighted by atomic mass is 16.4. The number of nitrogens with zero attached hydrogens (tertiary/aromatic N) is 1. The molecule has 1 aliphatic carbocycles. The predicted molar refractivity (Wildman–Crippen MR) is 70.1 cm³/mol. The third-order valence-corrected chi connectivity index (χ3v) is 3.28. The van der Waals surface area contributed by atoms with E-state index in [4.69, 9.17) is 5.11 Å². The van der Waals surface area contributed by atoms with Crippen LogP contribution in [0.2, 0.25) is 0 Å². The first kappa shape index (κ1) is 11.8. The zero-order valence-corrected chi connectivity index (χ0v) is 10.3. The highest BCUT2D eigenvalue weighted by molar-refractivity contribution is 5.94. The summed E-state index contributed by atoms with van der Waals surface area (Å²) >= 11 is 0. The van der Waals surface area contributed by atoms with E-state index in [9.17, 15) is 9.59 Å². The number of aromatic nitrogens is 1. The van der Waals surface area contributed by atoms with E-state index < -0.39 is 5.97 Å². The maximum atomic E-state index is 11.8. The smallest absolute Gasteiger partial charge is 0.335 e. The summed E-state index contributed by atoms with van der Waals surface area (Å²) in [6.45, 7) is 0.225. The topological polar surface area (TPSA) is 71.3 Å². The highest BCUT2D eigenvalue weighted by Gasteiger charge is 2.23. The Balaban J connectivity index is 1.87. The number of fused-ring (bicyclic) bond motifs is 1. The molecule has 0 bridgehead atoms.